The SMILES string of the molecule is COc1ccccc1NC(=O)C[n+]1cc(=O)o[nH]1. The Morgan fingerprint density at radius 1 is 1.50 bits per heavy atom. The third-order valence-corrected chi connectivity index (χ3v) is 2.22. The van der Waals surface area contributed by atoms with E-state index in [2.05, 4.69) is 15.1 Å². The van der Waals surface area contributed by atoms with E-state index in [0.29, 0.717) is 11.4 Å². The van der Waals surface area contributed by atoms with Crippen molar-refractivity contribution in [2.75, 3.05) is 12.4 Å². The van der Waals surface area contributed by atoms with Gasteiger partial charge in [0.05, 0.1) is 12.8 Å². The number of nitrogens with one attached hydrogen (secondary N) is 2. The zero-order valence-electron chi connectivity index (χ0n) is 9.67. The second-order valence-electron chi connectivity index (χ2n) is 3.52. The highest BCUT2D eigenvalue weighted by Crippen LogP contribution is 2.22. The predicted molar refractivity (Wildman–Crippen MR) is 61.1 cm³/mol. The lowest BCUT2D eigenvalue weighted by atomic mass is 10.3. The van der Waals surface area contributed by atoms with Crippen molar-refractivity contribution in [3.8, 4) is 5.75 Å². The Labute approximate surface area is 102 Å². The summed E-state index contributed by atoms with van der Waals surface area (Å²) in [6, 6.07) is 7.05. The van der Waals surface area contributed by atoms with Gasteiger partial charge in [0.15, 0.2) is 0 Å². The summed E-state index contributed by atoms with van der Waals surface area (Å²) in [7, 11) is 1.52. The standard InChI is InChI=1S/C11H11N3O4/c1-17-9-5-3-2-4-8(9)12-10(15)6-14-7-11(16)18-13-14/h2-5,7H,6H2,1H3,(H-,12,13,15,16)/p+1. The van der Waals surface area contributed by atoms with Crippen molar-refractivity contribution in [2.24, 2.45) is 0 Å². The highest BCUT2D eigenvalue weighted by molar-refractivity contribution is 5.91. The quantitative estimate of drug-likeness (QED) is 0.742. The molecule has 0 aliphatic heterocycles. The molecule has 0 aliphatic rings. The summed E-state index contributed by atoms with van der Waals surface area (Å²) in [6.45, 7) is -0.0518. The molecule has 1 aromatic carbocycles. The number of benzene rings is 1. The minimum absolute atomic E-state index is 0.0518. The molecule has 18 heavy (non-hydrogen) atoms. The van der Waals surface area contributed by atoms with Crippen LogP contribution in [0.2, 0.25) is 0 Å². The van der Waals surface area contributed by atoms with Crippen molar-refractivity contribution in [1.82, 2.24) is 5.27 Å². The topological polar surface area (TPSA) is 88.2 Å². The lowest BCUT2D eigenvalue weighted by Crippen LogP contribution is -2.41. The molecular formula is C11H12N3O4+. The first-order valence-electron chi connectivity index (χ1n) is 5.20. The highest BCUT2D eigenvalue weighted by atomic mass is 16.5. The molecule has 0 radical (unpaired) electrons. The van der Waals surface area contributed by atoms with Crippen LogP contribution in [0.3, 0.4) is 0 Å². The summed E-state index contributed by atoms with van der Waals surface area (Å²) in [5.74, 6) is 0.262. The number of hydrogen-bond acceptors (Lipinski definition) is 4. The Morgan fingerprint density at radius 2 is 2.28 bits per heavy atom. The summed E-state index contributed by atoms with van der Waals surface area (Å²) in [5, 5.41) is 4.96. The molecule has 7 nitrogen and oxygen atoms in total. The van der Waals surface area contributed by atoms with E-state index in [1.165, 1.54) is 11.8 Å². The number of para-hydroxylation sites is 2. The Bertz CT molecular complexity index is 602. The van der Waals surface area contributed by atoms with Gasteiger partial charge in [-0.3, -0.25) is 9.32 Å². The molecule has 0 fully saturated rings. The van der Waals surface area contributed by atoms with Crippen molar-refractivity contribution >= 4 is 11.6 Å². The number of carbonyl (C=O) groups excluding carboxylic acids is 1. The number of anilines is 1. The molecule has 2 N–H and O–H groups in total. The van der Waals surface area contributed by atoms with Gasteiger partial charge in [0.25, 0.3) is 18.6 Å². The third-order valence-electron chi connectivity index (χ3n) is 2.22. The maximum absolute atomic E-state index is 11.7. The lowest BCUT2D eigenvalue weighted by Gasteiger charge is -2.07. The number of H-pyrrole nitrogens is 1. The van der Waals surface area contributed by atoms with Crippen LogP contribution in [0.25, 0.3) is 0 Å². The Balaban J connectivity index is 2.05. The number of carbonyl (C=O) groups is 1. The Morgan fingerprint density at radius 3 is 2.94 bits per heavy atom. The van der Waals surface area contributed by atoms with Crippen molar-refractivity contribution in [2.45, 2.75) is 6.54 Å². The number of methoxy groups -OCH3 is 1. The summed E-state index contributed by atoms with van der Waals surface area (Å²) in [5.41, 5.74) is 0.0246. The van der Waals surface area contributed by atoms with Crippen LogP contribution < -0.4 is 20.4 Å². The zero-order valence-corrected chi connectivity index (χ0v) is 9.67. The number of hydrogen-bond donors (Lipinski definition) is 2. The molecule has 1 aromatic heterocycles. The number of amides is 1. The number of nitrogens with zero attached hydrogens (tertiary/aromatic N) is 1. The van der Waals surface area contributed by atoms with Gasteiger partial charge in [-0.1, -0.05) is 16.8 Å². The molecule has 2 rings (SSSR count). The van der Waals surface area contributed by atoms with Crippen LogP contribution in [-0.2, 0) is 11.3 Å². The number of ether oxygens (including phenoxy) is 1. The summed E-state index contributed by atoms with van der Waals surface area (Å²) < 4.78 is 10.8. The van der Waals surface area contributed by atoms with E-state index in [0.717, 1.165) is 6.20 Å². The number of aromatic nitrogens is 2. The lowest BCUT2D eigenvalue weighted by molar-refractivity contribution is -0.750. The molecule has 1 heterocycles. The molecule has 0 spiro atoms. The fourth-order valence-electron chi connectivity index (χ4n) is 1.45. The number of aromatic amines is 1. The molecular weight excluding hydrogens is 238 g/mol. The van der Waals surface area contributed by atoms with Crippen LogP contribution in [0.5, 0.6) is 5.75 Å². The van der Waals surface area contributed by atoms with E-state index in [1.54, 1.807) is 24.3 Å². The smallest absolute Gasteiger partial charge is 0.426 e. The van der Waals surface area contributed by atoms with Crippen LogP contribution in [0.4, 0.5) is 5.69 Å². The molecule has 7 heteroatoms. The molecule has 0 bridgehead atoms. The van der Waals surface area contributed by atoms with E-state index in [1.807, 2.05) is 0 Å². The molecule has 0 saturated carbocycles. The van der Waals surface area contributed by atoms with Gasteiger partial charge < -0.3 is 10.1 Å². The largest absolute Gasteiger partial charge is 0.495 e. The number of rotatable bonds is 4. The maximum atomic E-state index is 11.7. The van der Waals surface area contributed by atoms with Gasteiger partial charge >= 0.3 is 5.63 Å². The first-order chi connectivity index (χ1) is 8.69. The first kappa shape index (κ1) is 11.9. The summed E-state index contributed by atoms with van der Waals surface area (Å²) in [4.78, 5) is 22.5. The molecule has 0 unspecified atom stereocenters. The zero-order chi connectivity index (χ0) is 13.0. The molecule has 0 saturated heterocycles. The molecule has 94 valence electrons. The second kappa shape index (κ2) is 5.17. The van der Waals surface area contributed by atoms with Crippen molar-refractivity contribution in [1.29, 1.82) is 0 Å². The second-order valence-corrected chi connectivity index (χ2v) is 3.52. The van der Waals surface area contributed by atoms with Crippen LogP contribution >= 0.6 is 0 Å². The first-order valence-corrected chi connectivity index (χ1v) is 5.20. The van der Waals surface area contributed by atoms with Gasteiger partial charge in [-0.15, -0.1) is 0 Å². The average molecular weight is 250 g/mol. The normalized spacial score (nSPS) is 10.1. The van der Waals surface area contributed by atoms with E-state index in [4.69, 9.17) is 4.74 Å². The molecule has 2 aromatic rings. The van der Waals surface area contributed by atoms with Gasteiger partial charge in [-0.2, -0.15) is 0 Å². The van der Waals surface area contributed by atoms with Crippen LogP contribution in [0.1, 0.15) is 0 Å². The van der Waals surface area contributed by atoms with Gasteiger partial charge in [0.2, 0.25) is 0 Å². The van der Waals surface area contributed by atoms with Gasteiger partial charge in [0, 0.05) is 0 Å². The van der Waals surface area contributed by atoms with E-state index < -0.39 is 5.63 Å². The maximum Gasteiger partial charge on any atom is 0.426 e. The fraction of sp³-hybridized carbons (Fsp3) is 0.182. The van der Waals surface area contributed by atoms with E-state index in [9.17, 15) is 9.59 Å². The van der Waals surface area contributed by atoms with Crippen LogP contribution in [0, 0.1) is 0 Å². The van der Waals surface area contributed by atoms with Crippen molar-refractivity contribution in [3.05, 3.63) is 40.9 Å². The molecule has 1 amide bonds. The van der Waals surface area contributed by atoms with E-state index in [-0.39, 0.29) is 12.5 Å². The minimum atomic E-state index is -0.542. The van der Waals surface area contributed by atoms with Crippen LogP contribution in [0.15, 0.2) is 39.8 Å². The summed E-state index contributed by atoms with van der Waals surface area (Å²) in [6.07, 6.45) is 1.15. The van der Waals surface area contributed by atoms with Gasteiger partial charge in [0.1, 0.15) is 5.75 Å². The third kappa shape index (κ3) is 2.76. The minimum Gasteiger partial charge on any atom is -0.495 e. The fourth-order valence-corrected chi connectivity index (χ4v) is 1.45. The average Bonchev–Trinajstić information content (AvgIpc) is 2.75. The Hall–Kier alpha value is -2.57. The highest BCUT2D eigenvalue weighted by Gasteiger charge is 2.14. The van der Waals surface area contributed by atoms with Crippen molar-refractivity contribution in [3.63, 3.8) is 0 Å². The van der Waals surface area contributed by atoms with Crippen molar-refractivity contribution < 1.29 is 18.7 Å². The van der Waals surface area contributed by atoms with Crippen LogP contribution in [-0.4, -0.2) is 18.3 Å². The molecule has 0 atom stereocenters. The summed E-state index contributed by atoms with van der Waals surface area (Å²) >= 11 is 0. The van der Waals surface area contributed by atoms with Gasteiger partial charge in [-0.25, -0.2) is 4.79 Å². The predicted octanol–water partition coefficient (Wildman–Crippen LogP) is -0.0973. The monoisotopic (exact) mass is 250 g/mol. The Kier molecular flexibility index (Phi) is 3.42. The van der Waals surface area contributed by atoms with Gasteiger partial charge in [-0.05, 0) is 17.4 Å². The van der Waals surface area contributed by atoms with E-state index >= 15 is 0 Å². The molecule has 0 aliphatic carbocycles.